The van der Waals surface area contributed by atoms with E-state index in [1.165, 1.54) is 6.07 Å². The molecule has 1 aromatic rings. The van der Waals surface area contributed by atoms with Crippen molar-refractivity contribution < 1.29 is 9.50 Å². The van der Waals surface area contributed by atoms with Crippen LogP contribution in [0.3, 0.4) is 0 Å². The Hall–Kier alpha value is -0.670. The molecule has 12 heavy (non-hydrogen) atoms. The van der Waals surface area contributed by atoms with E-state index in [0.29, 0.717) is 3.57 Å². The molecular formula is C8H5FINO. The molecule has 0 aromatic heterocycles. The van der Waals surface area contributed by atoms with E-state index in [1.54, 1.807) is 40.8 Å². The summed E-state index contributed by atoms with van der Waals surface area (Å²) < 4.78 is 13.5. The Morgan fingerprint density at radius 1 is 1.58 bits per heavy atom. The summed E-state index contributed by atoms with van der Waals surface area (Å²) in [5.41, 5.74) is 0.0319. The Labute approximate surface area is 82.8 Å². The normalized spacial score (nSPS) is 12.2. The lowest BCUT2D eigenvalue weighted by Gasteiger charge is -2.04. The van der Waals surface area contributed by atoms with Crippen LogP contribution >= 0.6 is 22.6 Å². The molecule has 0 amide bonds. The molecule has 0 radical (unpaired) electrons. The predicted molar refractivity (Wildman–Crippen MR) is 49.7 cm³/mol. The lowest BCUT2D eigenvalue weighted by Crippen LogP contribution is -1.98. The summed E-state index contributed by atoms with van der Waals surface area (Å²) in [5, 5.41) is 17.4. The molecule has 0 aliphatic heterocycles. The van der Waals surface area contributed by atoms with Crippen molar-refractivity contribution in [2.24, 2.45) is 0 Å². The molecule has 4 heteroatoms. The monoisotopic (exact) mass is 277 g/mol. The first kappa shape index (κ1) is 9.42. The van der Waals surface area contributed by atoms with Crippen LogP contribution in [-0.4, -0.2) is 5.11 Å². The third-order valence-corrected chi connectivity index (χ3v) is 2.23. The number of halogens is 2. The second-order valence-corrected chi connectivity index (χ2v) is 3.34. The SMILES string of the molecule is N#CC(O)c1cccc(I)c1F. The molecule has 1 N–H and O–H groups in total. The van der Waals surface area contributed by atoms with Crippen LogP contribution in [0.4, 0.5) is 4.39 Å². The first-order valence-electron chi connectivity index (χ1n) is 3.18. The van der Waals surface area contributed by atoms with Gasteiger partial charge in [-0.25, -0.2) is 4.39 Å². The van der Waals surface area contributed by atoms with E-state index in [1.807, 2.05) is 0 Å². The van der Waals surface area contributed by atoms with E-state index in [4.69, 9.17) is 10.4 Å². The van der Waals surface area contributed by atoms with Crippen molar-refractivity contribution in [3.8, 4) is 6.07 Å². The van der Waals surface area contributed by atoms with Gasteiger partial charge < -0.3 is 5.11 Å². The van der Waals surface area contributed by atoms with Gasteiger partial charge in [-0.3, -0.25) is 0 Å². The van der Waals surface area contributed by atoms with E-state index < -0.39 is 11.9 Å². The lowest BCUT2D eigenvalue weighted by molar-refractivity contribution is 0.230. The first-order valence-corrected chi connectivity index (χ1v) is 4.26. The molecular weight excluding hydrogens is 272 g/mol. The summed E-state index contributed by atoms with van der Waals surface area (Å²) in [7, 11) is 0. The summed E-state index contributed by atoms with van der Waals surface area (Å²) in [6.07, 6.45) is -1.38. The highest BCUT2D eigenvalue weighted by atomic mass is 127. The number of hydrogen-bond acceptors (Lipinski definition) is 2. The van der Waals surface area contributed by atoms with Crippen LogP contribution < -0.4 is 0 Å². The van der Waals surface area contributed by atoms with E-state index in [2.05, 4.69) is 0 Å². The van der Waals surface area contributed by atoms with Gasteiger partial charge in [0.2, 0.25) is 0 Å². The van der Waals surface area contributed by atoms with E-state index in [0.717, 1.165) is 0 Å². The second kappa shape index (κ2) is 3.83. The molecule has 0 saturated heterocycles. The number of benzene rings is 1. The highest BCUT2D eigenvalue weighted by Crippen LogP contribution is 2.20. The average Bonchev–Trinajstić information content (AvgIpc) is 2.08. The van der Waals surface area contributed by atoms with Crippen molar-refractivity contribution in [3.05, 3.63) is 33.1 Å². The number of nitriles is 1. The Kier molecular flexibility index (Phi) is 3.00. The topological polar surface area (TPSA) is 44.0 Å². The summed E-state index contributed by atoms with van der Waals surface area (Å²) in [4.78, 5) is 0. The number of aliphatic hydroxyl groups excluding tert-OH is 1. The Morgan fingerprint density at radius 2 is 2.25 bits per heavy atom. The number of nitrogens with zero attached hydrogens (tertiary/aromatic N) is 1. The quantitative estimate of drug-likeness (QED) is 0.630. The molecule has 0 bridgehead atoms. The van der Waals surface area contributed by atoms with Gasteiger partial charge in [-0.2, -0.15) is 5.26 Å². The summed E-state index contributed by atoms with van der Waals surface area (Å²) >= 11 is 1.80. The largest absolute Gasteiger partial charge is 0.374 e. The second-order valence-electron chi connectivity index (χ2n) is 2.17. The molecule has 2 nitrogen and oxygen atoms in total. The average molecular weight is 277 g/mol. The maximum absolute atomic E-state index is 13.1. The molecule has 0 aliphatic carbocycles. The Balaban J connectivity index is 3.18. The fraction of sp³-hybridized carbons (Fsp3) is 0.125. The molecule has 1 atom stereocenters. The first-order chi connectivity index (χ1) is 5.66. The van der Waals surface area contributed by atoms with Gasteiger partial charge in [-0.05, 0) is 28.7 Å². The molecule has 0 fully saturated rings. The van der Waals surface area contributed by atoms with Crippen molar-refractivity contribution in [2.45, 2.75) is 6.10 Å². The van der Waals surface area contributed by atoms with Gasteiger partial charge in [0.05, 0.1) is 6.07 Å². The van der Waals surface area contributed by atoms with Crippen molar-refractivity contribution >= 4 is 22.6 Å². The maximum atomic E-state index is 13.1. The predicted octanol–water partition coefficient (Wildman–Crippen LogP) is 1.99. The fourth-order valence-electron chi connectivity index (χ4n) is 0.801. The smallest absolute Gasteiger partial charge is 0.168 e. The molecule has 0 spiro atoms. The summed E-state index contributed by atoms with van der Waals surface area (Å²) in [5.74, 6) is -0.521. The zero-order chi connectivity index (χ0) is 9.14. The third kappa shape index (κ3) is 1.73. The number of hydrogen-bond donors (Lipinski definition) is 1. The highest BCUT2D eigenvalue weighted by molar-refractivity contribution is 14.1. The van der Waals surface area contributed by atoms with Gasteiger partial charge in [-0.15, -0.1) is 0 Å². The van der Waals surface area contributed by atoms with Crippen LogP contribution in [0.5, 0.6) is 0 Å². The zero-order valence-electron chi connectivity index (χ0n) is 5.96. The van der Waals surface area contributed by atoms with Crippen LogP contribution in [0.25, 0.3) is 0 Å². The molecule has 1 rings (SSSR count). The molecule has 0 saturated carbocycles. The van der Waals surface area contributed by atoms with E-state index in [9.17, 15) is 4.39 Å². The molecule has 1 aromatic carbocycles. The van der Waals surface area contributed by atoms with Crippen LogP contribution in [-0.2, 0) is 0 Å². The standard InChI is InChI=1S/C8H5FINO/c9-8-5(7(12)4-11)2-1-3-6(8)10/h1-3,7,12H. The minimum atomic E-state index is -1.38. The third-order valence-electron chi connectivity index (χ3n) is 1.40. The van der Waals surface area contributed by atoms with E-state index in [-0.39, 0.29) is 5.56 Å². The van der Waals surface area contributed by atoms with Gasteiger partial charge in [0.1, 0.15) is 5.82 Å². The lowest BCUT2D eigenvalue weighted by atomic mass is 10.1. The fourth-order valence-corrected chi connectivity index (χ4v) is 1.32. The maximum Gasteiger partial charge on any atom is 0.168 e. The molecule has 62 valence electrons. The minimum Gasteiger partial charge on any atom is -0.374 e. The van der Waals surface area contributed by atoms with Gasteiger partial charge in [0, 0.05) is 9.13 Å². The van der Waals surface area contributed by atoms with Crippen LogP contribution in [0.1, 0.15) is 11.7 Å². The molecule has 1 unspecified atom stereocenters. The van der Waals surface area contributed by atoms with Gasteiger partial charge >= 0.3 is 0 Å². The van der Waals surface area contributed by atoms with Gasteiger partial charge in [-0.1, -0.05) is 12.1 Å². The molecule has 0 heterocycles. The minimum absolute atomic E-state index is 0.0319. The van der Waals surface area contributed by atoms with Crippen LogP contribution in [0, 0.1) is 20.7 Å². The van der Waals surface area contributed by atoms with Crippen LogP contribution in [0.15, 0.2) is 18.2 Å². The zero-order valence-corrected chi connectivity index (χ0v) is 8.12. The molecule has 0 aliphatic rings. The van der Waals surface area contributed by atoms with Crippen molar-refractivity contribution in [1.29, 1.82) is 5.26 Å². The van der Waals surface area contributed by atoms with Crippen molar-refractivity contribution in [3.63, 3.8) is 0 Å². The summed E-state index contributed by atoms with van der Waals surface area (Å²) in [6, 6.07) is 6.13. The number of aliphatic hydroxyl groups is 1. The number of rotatable bonds is 1. The van der Waals surface area contributed by atoms with Gasteiger partial charge in [0.15, 0.2) is 6.10 Å². The van der Waals surface area contributed by atoms with Crippen molar-refractivity contribution in [1.82, 2.24) is 0 Å². The van der Waals surface area contributed by atoms with E-state index >= 15 is 0 Å². The summed E-state index contributed by atoms with van der Waals surface area (Å²) in [6.45, 7) is 0. The van der Waals surface area contributed by atoms with Gasteiger partial charge in [0.25, 0.3) is 0 Å². The Morgan fingerprint density at radius 3 is 2.83 bits per heavy atom. The van der Waals surface area contributed by atoms with Crippen LogP contribution in [0.2, 0.25) is 0 Å². The Bertz CT molecular complexity index is 334. The van der Waals surface area contributed by atoms with Crippen molar-refractivity contribution in [2.75, 3.05) is 0 Å². The highest BCUT2D eigenvalue weighted by Gasteiger charge is 2.12.